The highest BCUT2D eigenvalue weighted by molar-refractivity contribution is 7.90. The quantitative estimate of drug-likeness (QED) is 0.497. The predicted octanol–water partition coefficient (Wildman–Crippen LogP) is 1.59. The van der Waals surface area contributed by atoms with Crippen molar-refractivity contribution in [3.8, 4) is 0 Å². The van der Waals surface area contributed by atoms with E-state index in [1.54, 1.807) is 7.05 Å². The molecule has 2 saturated heterocycles. The van der Waals surface area contributed by atoms with Gasteiger partial charge in [0.25, 0.3) is 0 Å². The molecule has 2 N–H and O–H groups in total. The van der Waals surface area contributed by atoms with Crippen LogP contribution in [0.1, 0.15) is 39.5 Å². The van der Waals surface area contributed by atoms with E-state index in [0.717, 1.165) is 19.6 Å². The Balaban J connectivity index is 1.84. The maximum atomic E-state index is 12.7. The molecule has 0 radical (unpaired) electrons. The summed E-state index contributed by atoms with van der Waals surface area (Å²) in [5.74, 6) is 1.08. The molecule has 0 spiro atoms. The van der Waals surface area contributed by atoms with Gasteiger partial charge in [-0.3, -0.25) is 9.89 Å². The van der Waals surface area contributed by atoms with Crippen molar-refractivity contribution in [2.75, 3.05) is 39.8 Å². The topological polar surface area (TPSA) is 77.0 Å². The highest BCUT2D eigenvalue weighted by atomic mass is 32.2. The van der Waals surface area contributed by atoms with Crippen LogP contribution in [0, 0.1) is 5.92 Å². The normalized spacial score (nSPS) is 22.6. The number of hydrogen-bond acceptors (Lipinski definition) is 4. The number of hydrogen-bond donors (Lipinski definition) is 2. The Hall–Kier alpha value is -1.07. The summed E-state index contributed by atoms with van der Waals surface area (Å²) in [6.07, 6.45) is 3.04. The fourth-order valence-electron chi connectivity index (χ4n) is 3.84. The van der Waals surface area contributed by atoms with Crippen LogP contribution in [-0.2, 0) is 10.0 Å². The number of piperidine rings is 1. The minimum atomic E-state index is -5.24. The average Bonchev–Trinajstić information content (AvgIpc) is 3.14. The molecule has 0 amide bonds. The molecule has 0 bridgehead atoms. The molecule has 0 aromatic carbocycles. The first-order chi connectivity index (χ1) is 13.1. The van der Waals surface area contributed by atoms with E-state index in [1.165, 1.54) is 12.8 Å². The lowest BCUT2D eigenvalue weighted by atomic mass is 10.0. The van der Waals surface area contributed by atoms with E-state index in [4.69, 9.17) is 0 Å². The monoisotopic (exact) mass is 427 g/mol. The van der Waals surface area contributed by atoms with E-state index in [1.807, 2.05) is 0 Å². The summed E-state index contributed by atoms with van der Waals surface area (Å²) in [4.78, 5) is 6.69. The fraction of sp³-hybridized carbons (Fsp3) is 0.941. The van der Waals surface area contributed by atoms with Crippen LogP contribution in [0.25, 0.3) is 0 Å². The van der Waals surface area contributed by atoms with Crippen LogP contribution in [-0.4, -0.2) is 80.9 Å². The molecule has 164 valence electrons. The number of alkyl halides is 3. The molecule has 0 aliphatic carbocycles. The highest BCUT2D eigenvalue weighted by Gasteiger charge is 2.50. The minimum Gasteiger partial charge on any atom is -0.355 e. The van der Waals surface area contributed by atoms with E-state index in [-0.39, 0.29) is 19.1 Å². The molecule has 11 heteroatoms. The number of sulfonamides is 1. The van der Waals surface area contributed by atoms with Crippen molar-refractivity contribution in [1.82, 2.24) is 19.8 Å². The standard InChI is InChI=1S/C17H32F3N5O2S/c1-13(2)15(24-8-4-5-9-24)12-22-16(21-3)23-14-6-10-25(11-7-14)28(26,27)17(18,19)20/h13-15H,4-12H2,1-3H3,(H2,21,22,23). The number of likely N-dealkylation sites (tertiary alicyclic amines) is 1. The van der Waals surface area contributed by atoms with Crippen molar-refractivity contribution < 1.29 is 21.6 Å². The van der Waals surface area contributed by atoms with Crippen molar-refractivity contribution in [2.24, 2.45) is 10.9 Å². The summed E-state index contributed by atoms with van der Waals surface area (Å²) in [5.41, 5.74) is -5.24. The molecular formula is C17H32F3N5O2S. The van der Waals surface area contributed by atoms with Gasteiger partial charge in [0.2, 0.25) is 0 Å². The van der Waals surface area contributed by atoms with Crippen LogP contribution < -0.4 is 10.6 Å². The zero-order valence-electron chi connectivity index (χ0n) is 16.8. The van der Waals surface area contributed by atoms with Crippen LogP contribution >= 0.6 is 0 Å². The molecular weight excluding hydrogens is 395 g/mol. The van der Waals surface area contributed by atoms with Crippen molar-refractivity contribution >= 4 is 16.0 Å². The molecule has 2 rings (SSSR count). The molecule has 2 aliphatic heterocycles. The van der Waals surface area contributed by atoms with E-state index in [9.17, 15) is 21.6 Å². The van der Waals surface area contributed by atoms with Crippen molar-refractivity contribution in [3.63, 3.8) is 0 Å². The third-order valence-electron chi connectivity index (χ3n) is 5.51. The molecule has 1 unspecified atom stereocenters. The Kier molecular flexibility index (Phi) is 7.97. The summed E-state index contributed by atoms with van der Waals surface area (Å²) in [6, 6.07) is 0.273. The summed E-state index contributed by atoms with van der Waals surface area (Å²) < 4.78 is 61.5. The van der Waals surface area contributed by atoms with Crippen LogP contribution in [0.2, 0.25) is 0 Å². The van der Waals surface area contributed by atoms with E-state index < -0.39 is 15.5 Å². The minimum absolute atomic E-state index is 0.116. The van der Waals surface area contributed by atoms with Gasteiger partial charge in [-0.25, -0.2) is 8.42 Å². The zero-order valence-corrected chi connectivity index (χ0v) is 17.6. The Morgan fingerprint density at radius 1 is 1.14 bits per heavy atom. The predicted molar refractivity (Wildman–Crippen MR) is 104 cm³/mol. The molecule has 0 aromatic rings. The second kappa shape index (κ2) is 9.62. The molecule has 7 nitrogen and oxygen atoms in total. The van der Waals surface area contributed by atoms with Crippen LogP contribution in [0.5, 0.6) is 0 Å². The Morgan fingerprint density at radius 2 is 1.71 bits per heavy atom. The smallest absolute Gasteiger partial charge is 0.355 e. The van der Waals surface area contributed by atoms with Gasteiger partial charge in [0, 0.05) is 38.8 Å². The van der Waals surface area contributed by atoms with Gasteiger partial charge in [-0.05, 0) is 44.7 Å². The number of aliphatic imine (C=N–C) groups is 1. The third kappa shape index (κ3) is 5.73. The lowest BCUT2D eigenvalue weighted by Gasteiger charge is -2.34. The highest BCUT2D eigenvalue weighted by Crippen LogP contribution is 2.29. The van der Waals surface area contributed by atoms with Gasteiger partial charge >= 0.3 is 15.5 Å². The SMILES string of the molecule is CN=C(NCC(C(C)C)N1CCCC1)NC1CCN(S(=O)(=O)C(F)(F)F)CC1. The molecule has 1 atom stereocenters. The maximum Gasteiger partial charge on any atom is 0.511 e. The zero-order chi connectivity index (χ0) is 20.9. The number of halogens is 3. The van der Waals surface area contributed by atoms with Gasteiger partial charge in [0.15, 0.2) is 5.96 Å². The van der Waals surface area contributed by atoms with Crippen molar-refractivity contribution in [3.05, 3.63) is 0 Å². The van der Waals surface area contributed by atoms with Gasteiger partial charge < -0.3 is 10.6 Å². The number of guanidine groups is 1. The van der Waals surface area contributed by atoms with Gasteiger partial charge in [-0.1, -0.05) is 13.8 Å². The van der Waals surface area contributed by atoms with Crippen molar-refractivity contribution in [2.45, 2.75) is 57.1 Å². The van der Waals surface area contributed by atoms with E-state index >= 15 is 0 Å². The lowest BCUT2D eigenvalue weighted by Crippen LogP contribution is -2.53. The molecule has 28 heavy (non-hydrogen) atoms. The molecule has 2 heterocycles. The number of rotatable bonds is 6. The maximum absolute atomic E-state index is 12.7. The summed E-state index contributed by atoms with van der Waals surface area (Å²) in [5, 5.41) is 6.54. The first-order valence-corrected chi connectivity index (χ1v) is 11.3. The van der Waals surface area contributed by atoms with Crippen LogP contribution in [0.3, 0.4) is 0 Å². The first-order valence-electron chi connectivity index (χ1n) is 9.84. The second-order valence-corrected chi connectivity index (χ2v) is 9.71. The van der Waals surface area contributed by atoms with Gasteiger partial charge in [0.1, 0.15) is 0 Å². The second-order valence-electron chi connectivity index (χ2n) is 7.78. The van der Waals surface area contributed by atoms with Crippen molar-refractivity contribution in [1.29, 1.82) is 0 Å². The number of nitrogens with zero attached hydrogens (tertiary/aromatic N) is 3. The lowest BCUT2D eigenvalue weighted by molar-refractivity contribution is -0.0494. The molecule has 2 aliphatic rings. The van der Waals surface area contributed by atoms with E-state index in [2.05, 4.69) is 34.4 Å². The third-order valence-corrected chi connectivity index (χ3v) is 7.14. The Bertz CT molecular complexity index is 625. The first kappa shape index (κ1) is 23.2. The summed E-state index contributed by atoms with van der Waals surface area (Å²) in [7, 11) is -3.59. The largest absolute Gasteiger partial charge is 0.511 e. The average molecular weight is 428 g/mol. The summed E-state index contributed by atoms with van der Waals surface area (Å²) >= 11 is 0. The Morgan fingerprint density at radius 3 is 2.18 bits per heavy atom. The van der Waals surface area contributed by atoms with Gasteiger partial charge in [-0.15, -0.1) is 0 Å². The number of nitrogens with one attached hydrogen (secondary N) is 2. The summed E-state index contributed by atoms with van der Waals surface area (Å²) in [6.45, 7) is 7.01. The Labute approximate surface area is 165 Å². The van der Waals surface area contributed by atoms with Gasteiger partial charge in [-0.2, -0.15) is 17.5 Å². The van der Waals surface area contributed by atoms with Crippen LogP contribution in [0.15, 0.2) is 4.99 Å². The van der Waals surface area contributed by atoms with Crippen LogP contribution in [0.4, 0.5) is 13.2 Å². The van der Waals surface area contributed by atoms with E-state index in [0.29, 0.717) is 35.1 Å². The molecule has 0 aromatic heterocycles. The fourth-order valence-corrected chi connectivity index (χ4v) is 4.82. The van der Waals surface area contributed by atoms with Gasteiger partial charge in [0.05, 0.1) is 0 Å². The molecule has 2 fully saturated rings. The molecule has 0 saturated carbocycles.